The Morgan fingerprint density at radius 2 is 1.20 bits per heavy atom. The molecule has 0 aliphatic carbocycles. The molecule has 5 heteroatoms. The van der Waals surface area contributed by atoms with E-state index in [1.165, 1.54) is 24.3 Å². The molecule has 0 spiro atoms. The van der Waals surface area contributed by atoms with Crippen molar-refractivity contribution in [1.82, 2.24) is 0 Å². The summed E-state index contributed by atoms with van der Waals surface area (Å²) in [5.41, 5.74) is 0. The van der Waals surface area contributed by atoms with Crippen LogP contribution in [-0.2, 0) is 14.8 Å². The maximum absolute atomic E-state index is 8.65. The Kier molecular flexibility index (Phi) is 8.46. The Labute approximate surface area is 88.7 Å². The number of hydrogen-bond acceptors (Lipinski definition) is 5. The van der Waals surface area contributed by atoms with Gasteiger partial charge in [-0.15, -0.1) is 0 Å². The molecule has 0 aromatic heterocycles. The largest absolute Gasteiger partial charge is 0.508 e. The fraction of sp³-hybridized carbons (Fsp3) is 0.400. The molecule has 1 rings (SSSR count). The lowest BCUT2D eigenvalue weighted by Crippen LogP contribution is -1.94. The molecule has 0 fully saturated rings. The second kappa shape index (κ2) is 9.26. The first-order valence-electron chi connectivity index (χ1n) is 4.59. The Balaban J connectivity index is 0.000000265. The van der Waals surface area contributed by atoms with Crippen molar-refractivity contribution in [3.05, 3.63) is 24.3 Å². The summed E-state index contributed by atoms with van der Waals surface area (Å²) in [6.07, 6.45) is 0. The summed E-state index contributed by atoms with van der Waals surface area (Å²) >= 11 is 0. The highest BCUT2D eigenvalue weighted by atomic mass is 17.5. The number of phenolic OH excluding ortho intramolecular Hbond substituents is 2. The molecule has 5 nitrogen and oxygen atoms in total. The second-order valence-corrected chi connectivity index (χ2v) is 2.40. The summed E-state index contributed by atoms with van der Waals surface area (Å²) < 4.78 is 0. The van der Waals surface area contributed by atoms with Crippen molar-refractivity contribution in [3.8, 4) is 11.5 Å². The minimum atomic E-state index is 0.169. The molecule has 0 unspecified atom stereocenters. The monoisotopic (exact) mass is 216 g/mol. The van der Waals surface area contributed by atoms with E-state index in [1.54, 1.807) is 0 Å². The van der Waals surface area contributed by atoms with E-state index < -0.39 is 0 Å². The van der Waals surface area contributed by atoms with Gasteiger partial charge < -0.3 is 10.2 Å². The lowest BCUT2D eigenvalue weighted by atomic mass is 10.3. The molecule has 1 aromatic rings. The summed E-state index contributed by atoms with van der Waals surface area (Å²) in [5, 5.41) is 21.4. The summed E-state index contributed by atoms with van der Waals surface area (Å²) in [6.45, 7) is 4.66. The van der Waals surface area contributed by atoms with Gasteiger partial charge in [-0.2, -0.15) is 0 Å². The van der Waals surface area contributed by atoms with Crippen LogP contribution in [0.2, 0.25) is 0 Å². The predicted octanol–water partition coefficient (Wildman–Crippen LogP) is 2.00. The first kappa shape index (κ1) is 13.7. The summed E-state index contributed by atoms with van der Waals surface area (Å²) in [4.78, 5) is 8.70. The molecule has 0 saturated heterocycles. The second-order valence-electron chi connectivity index (χ2n) is 2.40. The fourth-order valence-electron chi connectivity index (χ4n) is 0.583. The van der Waals surface area contributed by atoms with Gasteiger partial charge in [0, 0.05) is 0 Å². The van der Waals surface area contributed by atoms with Gasteiger partial charge in [0.05, 0.1) is 13.2 Å². The van der Waals surface area contributed by atoms with Crippen molar-refractivity contribution in [2.75, 3.05) is 13.2 Å². The molecule has 0 aliphatic rings. The fourth-order valence-corrected chi connectivity index (χ4v) is 0.583. The van der Waals surface area contributed by atoms with E-state index in [-0.39, 0.29) is 11.5 Å². The lowest BCUT2D eigenvalue weighted by Gasteiger charge is -1.94. The van der Waals surface area contributed by atoms with Gasteiger partial charge in [-0.1, -0.05) is 5.04 Å². The van der Waals surface area contributed by atoms with E-state index in [1.807, 2.05) is 13.8 Å². The summed E-state index contributed by atoms with van der Waals surface area (Å²) in [5.74, 6) is 0.339. The van der Waals surface area contributed by atoms with Gasteiger partial charge in [0.15, 0.2) is 0 Å². The van der Waals surface area contributed by atoms with Crippen molar-refractivity contribution in [1.29, 1.82) is 0 Å². The highest BCUT2D eigenvalue weighted by molar-refractivity contribution is 5.28. The van der Waals surface area contributed by atoms with Crippen LogP contribution in [-0.4, -0.2) is 23.4 Å². The van der Waals surface area contributed by atoms with E-state index in [4.69, 9.17) is 10.2 Å². The lowest BCUT2D eigenvalue weighted by molar-refractivity contribution is -0.509. The SMILES string of the molecule is CCOOOCC.Oc1ccc(O)cc1. The average Bonchev–Trinajstić information content (AvgIpc) is 2.24. The Morgan fingerprint density at radius 3 is 1.47 bits per heavy atom. The number of phenols is 2. The van der Waals surface area contributed by atoms with Crippen molar-refractivity contribution in [2.24, 2.45) is 0 Å². The van der Waals surface area contributed by atoms with Crippen molar-refractivity contribution in [3.63, 3.8) is 0 Å². The molecule has 0 atom stereocenters. The van der Waals surface area contributed by atoms with Crippen LogP contribution in [0.1, 0.15) is 13.8 Å². The highest BCUT2D eigenvalue weighted by Gasteiger charge is 1.84. The molecular formula is C10H16O5. The Hall–Kier alpha value is -1.30. The van der Waals surface area contributed by atoms with E-state index >= 15 is 0 Å². The van der Waals surface area contributed by atoms with Crippen LogP contribution in [0, 0.1) is 0 Å². The molecular weight excluding hydrogens is 200 g/mol. The van der Waals surface area contributed by atoms with Gasteiger partial charge in [0.2, 0.25) is 0 Å². The van der Waals surface area contributed by atoms with E-state index in [0.717, 1.165) is 0 Å². The van der Waals surface area contributed by atoms with E-state index in [0.29, 0.717) is 13.2 Å². The predicted molar refractivity (Wildman–Crippen MR) is 54.1 cm³/mol. The third kappa shape index (κ3) is 9.01. The zero-order valence-electron chi connectivity index (χ0n) is 8.84. The zero-order chi connectivity index (χ0) is 11.5. The van der Waals surface area contributed by atoms with E-state index in [2.05, 4.69) is 14.8 Å². The highest BCUT2D eigenvalue weighted by Crippen LogP contribution is 2.13. The van der Waals surface area contributed by atoms with E-state index in [9.17, 15) is 0 Å². The minimum Gasteiger partial charge on any atom is -0.508 e. The molecule has 2 N–H and O–H groups in total. The smallest absolute Gasteiger partial charge is 0.115 e. The Bertz CT molecular complexity index is 209. The maximum atomic E-state index is 8.65. The molecule has 86 valence electrons. The normalized spacial score (nSPS) is 9.20. The third-order valence-electron chi connectivity index (χ3n) is 1.18. The first-order chi connectivity index (χ1) is 7.20. The van der Waals surface area contributed by atoms with Crippen LogP contribution >= 0.6 is 0 Å². The van der Waals surface area contributed by atoms with Crippen molar-refractivity contribution >= 4 is 0 Å². The van der Waals surface area contributed by atoms with Crippen LogP contribution in [0.4, 0.5) is 0 Å². The molecule has 0 radical (unpaired) electrons. The van der Waals surface area contributed by atoms with Crippen LogP contribution in [0.5, 0.6) is 11.5 Å². The van der Waals surface area contributed by atoms with Crippen molar-refractivity contribution < 1.29 is 25.0 Å². The topological polar surface area (TPSA) is 68.2 Å². The number of hydrogen-bond donors (Lipinski definition) is 2. The summed E-state index contributed by atoms with van der Waals surface area (Å²) in [6, 6.07) is 5.70. The van der Waals surface area contributed by atoms with Crippen LogP contribution in [0.25, 0.3) is 0 Å². The maximum Gasteiger partial charge on any atom is 0.115 e. The van der Waals surface area contributed by atoms with Gasteiger partial charge in [-0.25, -0.2) is 9.78 Å². The molecule has 0 bridgehead atoms. The van der Waals surface area contributed by atoms with Gasteiger partial charge >= 0.3 is 0 Å². The van der Waals surface area contributed by atoms with Crippen LogP contribution < -0.4 is 0 Å². The molecule has 0 aliphatic heterocycles. The molecule has 15 heavy (non-hydrogen) atoms. The number of rotatable bonds is 4. The molecule has 0 heterocycles. The first-order valence-corrected chi connectivity index (χ1v) is 4.59. The third-order valence-corrected chi connectivity index (χ3v) is 1.18. The summed E-state index contributed by atoms with van der Waals surface area (Å²) in [7, 11) is 0. The molecule has 0 saturated carbocycles. The average molecular weight is 216 g/mol. The quantitative estimate of drug-likeness (QED) is 0.349. The van der Waals surface area contributed by atoms with Crippen molar-refractivity contribution in [2.45, 2.75) is 13.8 Å². The zero-order valence-corrected chi connectivity index (χ0v) is 8.84. The molecule has 1 aromatic carbocycles. The number of aromatic hydroxyl groups is 2. The van der Waals surface area contributed by atoms with Gasteiger partial charge in [-0.3, -0.25) is 0 Å². The van der Waals surface area contributed by atoms with Gasteiger partial charge in [0.1, 0.15) is 11.5 Å². The van der Waals surface area contributed by atoms with Crippen LogP contribution in [0.3, 0.4) is 0 Å². The molecule has 0 amide bonds. The minimum absolute atomic E-state index is 0.169. The number of benzene rings is 1. The van der Waals surface area contributed by atoms with Crippen LogP contribution in [0.15, 0.2) is 24.3 Å². The standard InChI is InChI=1S/C6H6O2.C4H10O3/c7-5-1-2-6(8)4-3-5;1-3-5-7-6-4-2/h1-4,7-8H;3-4H2,1-2H3. The Morgan fingerprint density at radius 1 is 0.867 bits per heavy atom. The van der Waals surface area contributed by atoms with Gasteiger partial charge in [0.25, 0.3) is 0 Å². The van der Waals surface area contributed by atoms with Gasteiger partial charge in [-0.05, 0) is 38.1 Å².